The summed E-state index contributed by atoms with van der Waals surface area (Å²) in [4.78, 5) is 25.2. The fourth-order valence-electron chi connectivity index (χ4n) is 2.78. The van der Waals surface area contributed by atoms with Crippen LogP contribution >= 0.6 is 0 Å². The van der Waals surface area contributed by atoms with Crippen LogP contribution in [0, 0.1) is 5.92 Å². The van der Waals surface area contributed by atoms with E-state index >= 15 is 0 Å². The summed E-state index contributed by atoms with van der Waals surface area (Å²) in [5.41, 5.74) is 2.35. The number of carbonyl (C=O) groups is 2. The van der Waals surface area contributed by atoms with Crippen LogP contribution in [0.3, 0.4) is 0 Å². The highest BCUT2D eigenvalue weighted by Gasteiger charge is 2.32. The van der Waals surface area contributed by atoms with Crippen LogP contribution in [0.1, 0.15) is 29.3 Å². The highest BCUT2D eigenvalue weighted by molar-refractivity contribution is 6.06. The quantitative estimate of drug-likeness (QED) is 0.941. The zero-order valence-electron chi connectivity index (χ0n) is 11.8. The molecule has 1 aromatic carbocycles. The van der Waals surface area contributed by atoms with Gasteiger partial charge in [0.1, 0.15) is 11.8 Å². The lowest BCUT2D eigenvalue weighted by Crippen LogP contribution is -2.29. The average Bonchev–Trinajstić information content (AvgIpc) is 3.12. The molecule has 1 saturated heterocycles. The van der Waals surface area contributed by atoms with Crippen LogP contribution in [0.4, 0.5) is 0 Å². The van der Waals surface area contributed by atoms with Gasteiger partial charge in [-0.05, 0) is 30.5 Å². The number of benzene rings is 1. The number of carbonyl (C=O) groups excluding carboxylic acids is 1. The number of aliphatic carboxylic acids is 1. The number of rotatable bonds is 3. The molecular formula is C16H17NO4. The molecule has 110 valence electrons. The van der Waals surface area contributed by atoms with Crippen molar-refractivity contribution in [2.45, 2.75) is 19.8 Å². The molecule has 2 heterocycles. The SMILES string of the molecule is CCc1ccc2occ(C(=O)N3CCC(C(=O)O)C3)c2c1. The van der Waals surface area contributed by atoms with Gasteiger partial charge in [0.15, 0.2) is 0 Å². The lowest BCUT2D eigenvalue weighted by Gasteiger charge is -2.14. The van der Waals surface area contributed by atoms with Gasteiger partial charge in [0.05, 0.1) is 11.5 Å². The second-order valence-corrected chi connectivity index (χ2v) is 5.41. The van der Waals surface area contributed by atoms with E-state index in [4.69, 9.17) is 9.52 Å². The van der Waals surface area contributed by atoms with E-state index in [1.54, 1.807) is 4.90 Å². The van der Waals surface area contributed by atoms with Gasteiger partial charge in [0.25, 0.3) is 5.91 Å². The maximum Gasteiger partial charge on any atom is 0.308 e. The largest absolute Gasteiger partial charge is 0.481 e. The smallest absolute Gasteiger partial charge is 0.308 e. The normalized spacial score (nSPS) is 18.3. The van der Waals surface area contributed by atoms with E-state index in [0.29, 0.717) is 24.1 Å². The Kier molecular flexibility index (Phi) is 3.41. The molecule has 1 aliphatic heterocycles. The van der Waals surface area contributed by atoms with E-state index in [1.165, 1.54) is 6.26 Å². The molecule has 5 heteroatoms. The van der Waals surface area contributed by atoms with E-state index in [9.17, 15) is 9.59 Å². The highest BCUT2D eigenvalue weighted by atomic mass is 16.4. The fraction of sp³-hybridized carbons (Fsp3) is 0.375. The molecular weight excluding hydrogens is 270 g/mol. The van der Waals surface area contributed by atoms with Gasteiger partial charge in [0.2, 0.25) is 0 Å². The summed E-state index contributed by atoms with van der Waals surface area (Å²) in [5, 5.41) is 9.83. The molecule has 5 nitrogen and oxygen atoms in total. The van der Waals surface area contributed by atoms with Crippen molar-refractivity contribution in [2.75, 3.05) is 13.1 Å². The predicted octanol–water partition coefficient (Wildman–Crippen LogP) is 2.54. The molecule has 0 aliphatic carbocycles. The van der Waals surface area contributed by atoms with E-state index in [0.717, 1.165) is 17.4 Å². The fourth-order valence-corrected chi connectivity index (χ4v) is 2.78. The molecule has 1 amide bonds. The number of hydrogen-bond acceptors (Lipinski definition) is 3. The van der Waals surface area contributed by atoms with Gasteiger partial charge >= 0.3 is 5.97 Å². The summed E-state index contributed by atoms with van der Waals surface area (Å²) in [6, 6.07) is 5.82. The van der Waals surface area contributed by atoms with E-state index in [2.05, 4.69) is 6.92 Å². The lowest BCUT2D eigenvalue weighted by molar-refractivity contribution is -0.141. The monoisotopic (exact) mass is 287 g/mol. The Balaban J connectivity index is 1.90. The van der Waals surface area contributed by atoms with Crippen molar-refractivity contribution in [1.29, 1.82) is 0 Å². The first kappa shape index (κ1) is 13.7. The van der Waals surface area contributed by atoms with Gasteiger partial charge in [0, 0.05) is 18.5 Å². The highest BCUT2D eigenvalue weighted by Crippen LogP contribution is 2.26. The third kappa shape index (κ3) is 2.39. The minimum Gasteiger partial charge on any atom is -0.481 e. The molecule has 0 spiro atoms. The summed E-state index contributed by atoms with van der Waals surface area (Å²) < 4.78 is 5.44. The van der Waals surface area contributed by atoms with Gasteiger partial charge in [-0.3, -0.25) is 9.59 Å². The van der Waals surface area contributed by atoms with Crippen molar-refractivity contribution in [3.63, 3.8) is 0 Å². The Morgan fingerprint density at radius 3 is 2.90 bits per heavy atom. The van der Waals surface area contributed by atoms with Crippen LogP contribution in [-0.4, -0.2) is 35.0 Å². The van der Waals surface area contributed by atoms with Crippen molar-refractivity contribution in [3.05, 3.63) is 35.6 Å². The van der Waals surface area contributed by atoms with Crippen molar-refractivity contribution in [2.24, 2.45) is 5.92 Å². The number of nitrogens with zero attached hydrogens (tertiary/aromatic N) is 1. The number of carboxylic acid groups (broad SMARTS) is 1. The Morgan fingerprint density at radius 2 is 2.24 bits per heavy atom. The topological polar surface area (TPSA) is 70.8 Å². The van der Waals surface area contributed by atoms with Crippen molar-refractivity contribution >= 4 is 22.8 Å². The van der Waals surface area contributed by atoms with Crippen LogP contribution in [0.2, 0.25) is 0 Å². The third-order valence-corrected chi connectivity index (χ3v) is 4.10. The zero-order valence-corrected chi connectivity index (χ0v) is 11.8. The first-order valence-corrected chi connectivity index (χ1v) is 7.12. The minimum atomic E-state index is -0.837. The number of aryl methyl sites for hydroxylation is 1. The van der Waals surface area contributed by atoms with Crippen LogP contribution in [-0.2, 0) is 11.2 Å². The Morgan fingerprint density at radius 1 is 1.43 bits per heavy atom. The summed E-state index contributed by atoms with van der Waals surface area (Å²) in [6.07, 6.45) is 2.87. The van der Waals surface area contributed by atoms with Crippen LogP contribution < -0.4 is 0 Å². The molecule has 21 heavy (non-hydrogen) atoms. The van der Waals surface area contributed by atoms with Crippen LogP contribution in [0.5, 0.6) is 0 Å². The molecule has 0 saturated carbocycles. The molecule has 0 bridgehead atoms. The zero-order chi connectivity index (χ0) is 15.0. The summed E-state index contributed by atoms with van der Waals surface area (Å²) in [5.74, 6) is -1.44. The second kappa shape index (κ2) is 5.24. The Bertz CT molecular complexity index is 703. The summed E-state index contributed by atoms with van der Waals surface area (Å²) in [6.45, 7) is 2.81. The van der Waals surface area contributed by atoms with Crippen LogP contribution in [0.15, 0.2) is 28.9 Å². The molecule has 0 radical (unpaired) electrons. The maximum atomic E-state index is 12.6. The molecule has 3 rings (SSSR count). The predicted molar refractivity (Wildman–Crippen MR) is 77.2 cm³/mol. The van der Waals surface area contributed by atoms with Gasteiger partial charge in [-0.1, -0.05) is 13.0 Å². The Labute approximate surface area is 122 Å². The number of amides is 1. The Hall–Kier alpha value is -2.30. The number of hydrogen-bond donors (Lipinski definition) is 1. The molecule has 1 unspecified atom stereocenters. The van der Waals surface area contributed by atoms with Crippen molar-refractivity contribution in [1.82, 2.24) is 4.90 Å². The van der Waals surface area contributed by atoms with Gasteiger partial charge in [-0.25, -0.2) is 0 Å². The second-order valence-electron chi connectivity index (χ2n) is 5.41. The number of furan rings is 1. The van der Waals surface area contributed by atoms with Gasteiger partial charge < -0.3 is 14.4 Å². The molecule has 1 atom stereocenters. The van der Waals surface area contributed by atoms with E-state index in [-0.39, 0.29) is 12.5 Å². The number of carboxylic acids is 1. The van der Waals surface area contributed by atoms with Crippen molar-refractivity contribution < 1.29 is 19.1 Å². The lowest BCUT2D eigenvalue weighted by atomic mass is 10.1. The third-order valence-electron chi connectivity index (χ3n) is 4.10. The summed E-state index contributed by atoms with van der Waals surface area (Å²) in [7, 11) is 0. The number of fused-ring (bicyclic) bond motifs is 1. The maximum absolute atomic E-state index is 12.6. The molecule has 1 fully saturated rings. The van der Waals surface area contributed by atoms with Crippen molar-refractivity contribution in [3.8, 4) is 0 Å². The number of likely N-dealkylation sites (tertiary alicyclic amines) is 1. The van der Waals surface area contributed by atoms with Gasteiger partial charge in [-0.2, -0.15) is 0 Å². The minimum absolute atomic E-state index is 0.147. The first-order valence-electron chi connectivity index (χ1n) is 7.12. The standard InChI is InChI=1S/C16H17NO4/c1-2-10-3-4-14-12(7-10)13(9-21-14)15(18)17-6-5-11(8-17)16(19)20/h3-4,7,9,11H,2,5-6,8H2,1H3,(H,19,20). The van der Waals surface area contributed by atoms with E-state index < -0.39 is 11.9 Å². The molecule has 1 aromatic heterocycles. The first-order chi connectivity index (χ1) is 10.1. The molecule has 1 aliphatic rings. The van der Waals surface area contributed by atoms with Gasteiger partial charge in [-0.15, -0.1) is 0 Å². The molecule has 1 N–H and O–H groups in total. The van der Waals surface area contributed by atoms with Crippen LogP contribution in [0.25, 0.3) is 11.0 Å². The average molecular weight is 287 g/mol. The van der Waals surface area contributed by atoms with E-state index in [1.807, 2.05) is 18.2 Å². The summed E-state index contributed by atoms with van der Waals surface area (Å²) >= 11 is 0. The molecule has 2 aromatic rings.